The molecule has 3 aromatic rings. The number of amides is 1. The van der Waals surface area contributed by atoms with E-state index in [4.69, 9.17) is 9.47 Å². The third-order valence-corrected chi connectivity index (χ3v) is 13.4. The molecule has 9 nitrogen and oxygen atoms in total. The zero-order valence-corrected chi connectivity index (χ0v) is 28.2. The lowest BCUT2D eigenvalue weighted by molar-refractivity contribution is 0.00209. The van der Waals surface area contributed by atoms with Crippen LogP contribution in [0.2, 0.25) is 0 Å². The minimum atomic E-state index is -3.30. The van der Waals surface area contributed by atoms with E-state index in [0.29, 0.717) is 29.9 Å². The van der Waals surface area contributed by atoms with E-state index in [1.165, 1.54) is 5.56 Å². The predicted octanol–water partition coefficient (Wildman–Crippen LogP) is 4.97. The van der Waals surface area contributed by atoms with Gasteiger partial charge in [-0.15, -0.1) is 0 Å². The zero-order chi connectivity index (χ0) is 32.4. The molecule has 1 saturated carbocycles. The molecule has 252 valence electrons. The molecule has 4 aliphatic rings. The number of hydrogen-bond donors (Lipinski definition) is 1. The van der Waals surface area contributed by atoms with E-state index < -0.39 is 15.1 Å². The molecule has 10 heteroatoms. The smallest absolute Gasteiger partial charge is 0.407 e. The molecule has 1 unspecified atom stereocenters. The van der Waals surface area contributed by atoms with E-state index in [1.54, 1.807) is 19.2 Å². The van der Waals surface area contributed by atoms with Gasteiger partial charge in [0.05, 0.1) is 18.1 Å². The second kappa shape index (κ2) is 13.6. The molecular formula is C37H48N4O5S. The average Bonchev–Trinajstić information content (AvgIpc) is 3.74. The topological polar surface area (TPSA) is 93.1 Å². The molecule has 1 aromatic heterocycles. The summed E-state index contributed by atoms with van der Waals surface area (Å²) in [7, 11) is -1.66. The second-order valence-electron chi connectivity index (χ2n) is 14.0. The van der Waals surface area contributed by atoms with Gasteiger partial charge in [0.2, 0.25) is 0 Å². The van der Waals surface area contributed by atoms with Crippen molar-refractivity contribution in [2.75, 3.05) is 57.9 Å². The molecular weight excluding hydrogens is 612 g/mol. The first-order valence-electron chi connectivity index (χ1n) is 17.3. The van der Waals surface area contributed by atoms with Crippen molar-refractivity contribution in [2.24, 2.45) is 17.8 Å². The Morgan fingerprint density at radius 3 is 2.28 bits per heavy atom. The van der Waals surface area contributed by atoms with E-state index >= 15 is 0 Å². The maximum Gasteiger partial charge on any atom is 0.407 e. The van der Waals surface area contributed by atoms with Gasteiger partial charge < -0.3 is 29.2 Å². The van der Waals surface area contributed by atoms with Gasteiger partial charge in [0, 0.05) is 68.6 Å². The minimum absolute atomic E-state index is 0.105. The third-order valence-electron chi connectivity index (χ3n) is 11.4. The zero-order valence-electron chi connectivity index (χ0n) is 27.4. The van der Waals surface area contributed by atoms with Crippen LogP contribution in [-0.2, 0) is 31.3 Å². The number of rotatable bonds is 11. The Labute approximate surface area is 279 Å². The summed E-state index contributed by atoms with van der Waals surface area (Å²) in [5, 5.41) is 2.28. The number of sulfone groups is 1. The van der Waals surface area contributed by atoms with Gasteiger partial charge in [-0.2, -0.15) is 0 Å². The van der Waals surface area contributed by atoms with Crippen LogP contribution in [0.4, 0.5) is 10.5 Å². The Morgan fingerprint density at radius 2 is 1.64 bits per heavy atom. The molecule has 0 spiro atoms. The maximum atomic E-state index is 12.7. The number of piperidine rings is 1. The summed E-state index contributed by atoms with van der Waals surface area (Å²) in [5.41, 5.74) is 2.30. The quantitative estimate of drug-likeness (QED) is 0.311. The summed E-state index contributed by atoms with van der Waals surface area (Å²) in [5.74, 6) is 1.30. The van der Waals surface area contributed by atoms with Crippen molar-refractivity contribution in [3.8, 4) is 0 Å². The van der Waals surface area contributed by atoms with Gasteiger partial charge in [0.1, 0.15) is 11.4 Å². The normalized spacial score (nSPS) is 24.3. The second-order valence-corrected chi connectivity index (χ2v) is 16.3. The molecule has 1 amide bonds. The molecule has 47 heavy (non-hydrogen) atoms. The summed E-state index contributed by atoms with van der Waals surface area (Å²) < 4.78 is 39.0. The fraction of sp³-hybridized carbons (Fsp3) is 0.541. The number of alkyl carbamates (subject to hydrolysis) is 1. The molecule has 0 radical (unpaired) electrons. The predicted molar refractivity (Wildman–Crippen MR) is 182 cm³/mol. The van der Waals surface area contributed by atoms with Gasteiger partial charge in [-0.25, -0.2) is 13.2 Å². The molecule has 3 saturated heterocycles. The highest BCUT2D eigenvalue weighted by Crippen LogP contribution is 2.52. The van der Waals surface area contributed by atoms with Crippen LogP contribution < -0.4 is 10.2 Å². The van der Waals surface area contributed by atoms with Gasteiger partial charge >= 0.3 is 6.09 Å². The summed E-state index contributed by atoms with van der Waals surface area (Å²) in [6.45, 7) is 6.65. The van der Waals surface area contributed by atoms with Crippen LogP contribution in [-0.4, -0.2) is 88.3 Å². The van der Waals surface area contributed by atoms with Crippen molar-refractivity contribution < 1.29 is 22.7 Å². The van der Waals surface area contributed by atoms with Gasteiger partial charge in [0.15, 0.2) is 9.84 Å². The molecule has 4 heterocycles. The highest BCUT2D eigenvalue weighted by Gasteiger charge is 2.53. The fourth-order valence-electron chi connectivity index (χ4n) is 8.79. The number of likely N-dealkylation sites (tertiary alicyclic amines) is 1. The largest absolute Gasteiger partial charge is 0.446 e. The Balaban J connectivity index is 1.02. The van der Waals surface area contributed by atoms with Crippen LogP contribution in [0.5, 0.6) is 0 Å². The van der Waals surface area contributed by atoms with Crippen LogP contribution in [0.15, 0.2) is 84.0 Å². The molecule has 2 aromatic carbocycles. The standard InChI is InChI=1S/C37H48N4O5S/c1-38-36(42)46-35-11-7-10-34(35)37(27-40-18-5-6-19-40,29-8-3-2-4-9-29)30-16-20-39(21-17-30)22-28-23-41(24-28)31-12-14-32(15-13-31)47(43,44)33-25-45-26-33/h2-6,8-9,12-15,18-19,28,30,33-35H,7,10-11,16-17,20-27H2,1H3,(H,38,42)/t34-,35-,37?/m0/s1. The van der Waals surface area contributed by atoms with Crippen LogP contribution in [0.3, 0.4) is 0 Å². The minimum Gasteiger partial charge on any atom is -0.446 e. The number of anilines is 1. The van der Waals surface area contributed by atoms with Crippen LogP contribution >= 0.6 is 0 Å². The van der Waals surface area contributed by atoms with E-state index in [-0.39, 0.29) is 23.5 Å². The SMILES string of the molecule is CNC(=O)O[C@H]1CCC[C@@H]1C(Cn1cccc1)(c1ccccc1)C1CCN(CC2CN(c3ccc(S(=O)(=O)C4COC4)cc3)C2)CC1. The summed E-state index contributed by atoms with van der Waals surface area (Å²) in [6, 6.07) is 22.7. The first-order valence-corrected chi connectivity index (χ1v) is 18.8. The number of carbonyl (C=O) groups excluding carboxylic acids is 1. The van der Waals surface area contributed by atoms with Crippen LogP contribution in [0, 0.1) is 17.8 Å². The lowest BCUT2D eigenvalue weighted by Gasteiger charge is -2.51. The number of nitrogens with zero attached hydrogens (tertiary/aromatic N) is 3. The highest BCUT2D eigenvalue weighted by atomic mass is 32.2. The molecule has 1 aliphatic carbocycles. The Bertz CT molecular complexity index is 1580. The van der Waals surface area contributed by atoms with E-state index in [1.807, 2.05) is 12.1 Å². The number of aromatic nitrogens is 1. The number of benzene rings is 2. The highest BCUT2D eigenvalue weighted by molar-refractivity contribution is 7.92. The van der Waals surface area contributed by atoms with Crippen LogP contribution in [0.1, 0.15) is 37.7 Å². The van der Waals surface area contributed by atoms with Crippen molar-refractivity contribution in [1.82, 2.24) is 14.8 Å². The number of hydrogen-bond acceptors (Lipinski definition) is 7. The summed E-state index contributed by atoms with van der Waals surface area (Å²) >= 11 is 0. The Morgan fingerprint density at radius 1 is 0.936 bits per heavy atom. The van der Waals surface area contributed by atoms with Crippen molar-refractivity contribution in [2.45, 2.75) is 60.3 Å². The number of nitrogens with one attached hydrogen (secondary N) is 1. The molecule has 0 bridgehead atoms. The monoisotopic (exact) mass is 660 g/mol. The third kappa shape index (κ3) is 6.44. The molecule has 3 atom stereocenters. The molecule has 7 rings (SSSR count). The average molecular weight is 661 g/mol. The molecule has 4 fully saturated rings. The fourth-order valence-corrected chi connectivity index (χ4v) is 10.2. The van der Waals surface area contributed by atoms with E-state index in [9.17, 15) is 13.2 Å². The Hall–Kier alpha value is -3.34. The van der Waals surface area contributed by atoms with Crippen molar-refractivity contribution >= 4 is 21.6 Å². The lowest BCUT2D eigenvalue weighted by Crippen LogP contribution is -2.55. The van der Waals surface area contributed by atoms with Crippen molar-refractivity contribution in [3.63, 3.8) is 0 Å². The number of ether oxygens (including phenoxy) is 2. The van der Waals surface area contributed by atoms with E-state index in [0.717, 1.165) is 77.1 Å². The van der Waals surface area contributed by atoms with Crippen molar-refractivity contribution in [3.05, 3.63) is 84.7 Å². The van der Waals surface area contributed by atoms with Gasteiger partial charge in [-0.1, -0.05) is 30.3 Å². The van der Waals surface area contributed by atoms with Gasteiger partial charge in [-0.3, -0.25) is 0 Å². The first kappa shape index (κ1) is 32.2. The van der Waals surface area contributed by atoms with Gasteiger partial charge in [0.25, 0.3) is 0 Å². The maximum absolute atomic E-state index is 12.7. The van der Waals surface area contributed by atoms with E-state index in [2.05, 4.69) is 74.5 Å². The van der Waals surface area contributed by atoms with Crippen LogP contribution in [0.25, 0.3) is 0 Å². The lowest BCUT2D eigenvalue weighted by atomic mass is 9.58. The first-order chi connectivity index (χ1) is 22.9. The molecule has 1 N–H and O–H groups in total. The molecule has 3 aliphatic heterocycles. The summed E-state index contributed by atoms with van der Waals surface area (Å²) in [6.07, 6.45) is 9.15. The van der Waals surface area contributed by atoms with Gasteiger partial charge in [-0.05, 0) is 93.1 Å². The van der Waals surface area contributed by atoms with Crippen molar-refractivity contribution in [1.29, 1.82) is 0 Å². The summed E-state index contributed by atoms with van der Waals surface area (Å²) in [4.78, 5) is 17.9. The number of carbonyl (C=O) groups is 1. The Kier molecular flexibility index (Phi) is 9.35.